The number of aromatic nitrogens is 4. The van der Waals surface area contributed by atoms with Crippen molar-refractivity contribution in [3.63, 3.8) is 0 Å². The zero-order chi connectivity index (χ0) is 16.5. The molecule has 0 spiro atoms. The van der Waals surface area contributed by atoms with Gasteiger partial charge in [0.15, 0.2) is 0 Å². The van der Waals surface area contributed by atoms with Crippen molar-refractivity contribution in [2.45, 2.75) is 6.92 Å². The highest BCUT2D eigenvalue weighted by Gasteiger charge is 2.11. The van der Waals surface area contributed by atoms with Crippen LogP contribution in [0, 0.1) is 12.9 Å². The molecule has 0 N–H and O–H groups in total. The van der Waals surface area contributed by atoms with E-state index in [4.69, 9.17) is 0 Å². The Labute approximate surface area is 138 Å². The van der Waals surface area contributed by atoms with Crippen LogP contribution in [0.3, 0.4) is 0 Å². The number of benzene rings is 1. The summed E-state index contributed by atoms with van der Waals surface area (Å²) < 4.78 is 13.5. The smallest absolute Gasteiger partial charge is 0.213 e. The van der Waals surface area contributed by atoms with Gasteiger partial charge in [-0.1, -0.05) is 18.2 Å². The predicted molar refractivity (Wildman–Crippen MR) is 90.7 cm³/mol. The number of hydrogen-bond acceptors (Lipinski definition) is 4. The van der Waals surface area contributed by atoms with Crippen molar-refractivity contribution in [3.8, 4) is 22.5 Å². The normalized spacial score (nSPS) is 10.9. The van der Waals surface area contributed by atoms with Crippen molar-refractivity contribution in [3.05, 3.63) is 72.7 Å². The number of aryl methyl sites for hydroxylation is 1. The van der Waals surface area contributed by atoms with Crippen LogP contribution >= 0.6 is 0 Å². The van der Waals surface area contributed by atoms with E-state index in [-0.39, 0.29) is 0 Å². The van der Waals surface area contributed by atoms with E-state index in [1.54, 1.807) is 24.7 Å². The Bertz CT molecular complexity index is 1050. The Morgan fingerprint density at radius 3 is 2.71 bits per heavy atom. The van der Waals surface area contributed by atoms with Gasteiger partial charge in [-0.25, -0.2) is 15.0 Å². The average Bonchev–Trinajstić information content (AvgIpc) is 2.62. The summed E-state index contributed by atoms with van der Waals surface area (Å²) in [6.07, 6.45) is 3.24. The first-order valence-electron chi connectivity index (χ1n) is 7.52. The van der Waals surface area contributed by atoms with Gasteiger partial charge in [0.2, 0.25) is 5.95 Å². The van der Waals surface area contributed by atoms with Gasteiger partial charge in [0.05, 0.1) is 16.9 Å². The van der Waals surface area contributed by atoms with Crippen LogP contribution in [0.1, 0.15) is 5.69 Å². The Morgan fingerprint density at radius 2 is 1.83 bits per heavy atom. The first kappa shape index (κ1) is 14.4. The Balaban J connectivity index is 1.93. The highest BCUT2D eigenvalue weighted by atomic mass is 19.1. The quantitative estimate of drug-likeness (QED) is 0.520. The van der Waals surface area contributed by atoms with Crippen molar-refractivity contribution in [1.29, 1.82) is 0 Å². The molecule has 4 rings (SSSR count). The Kier molecular flexibility index (Phi) is 3.46. The molecule has 4 nitrogen and oxygen atoms in total. The predicted octanol–water partition coefficient (Wildman–Crippen LogP) is 4.20. The molecule has 0 fully saturated rings. The van der Waals surface area contributed by atoms with E-state index in [2.05, 4.69) is 19.9 Å². The van der Waals surface area contributed by atoms with Crippen molar-refractivity contribution in [1.82, 2.24) is 19.9 Å². The van der Waals surface area contributed by atoms with Gasteiger partial charge in [-0.2, -0.15) is 4.39 Å². The largest absolute Gasteiger partial charge is 0.254 e. The van der Waals surface area contributed by atoms with Gasteiger partial charge in [0.1, 0.15) is 6.33 Å². The molecular weight excluding hydrogens is 303 g/mol. The molecule has 3 aromatic heterocycles. The summed E-state index contributed by atoms with van der Waals surface area (Å²) in [4.78, 5) is 16.9. The molecule has 4 aromatic rings. The molecule has 24 heavy (non-hydrogen) atoms. The van der Waals surface area contributed by atoms with Crippen molar-refractivity contribution in [2.75, 3.05) is 0 Å². The zero-order valence-electron chi connectivity index (χ0n) is 12.9. The monoisotopic (exact) mass is 316 g/mol. The number of rotatable bonds is 2. The number of halogens is 1. The van der Waals surface area contributed by atoms with Crippen LogP contribution in [-0.2, 0) is 0 Å². The van der Waals surface area contributed by atoms with Gasteiger partial charge in [-0.3, -0.25) is 4.98 Å². The van der Waals surface area contributed by atoms with Crippen LogP contribution in [0.25, 0.3) is 33.4 Å². The van der Waals surface area contributed by atoms with Crippen LogP contribution in [0.15, 0.2) is 61.1 Å². The maximum atomic E-state index is 13.5. The summed E-state index contributed by atoms with van der Waals surface area (Å²) in [5, 5.41) is 0.983. The Morgan fingerprint density at radius 1 is 0.917 bits per heavy atom. The second-order valence-corrected chi connectivity index (χ2v) is 5.44. The summed E-state index contributed by atoms with van der Waals surface area (Å²) in [5.74, 6) is -0.521. The van der Waals surface area contributed by atoms with Crippen molar-refractivity contribution >= 4 is 10.9 Å². The maximum Gasteiger partial charge on any atom is 0.213 e. The van der Waals surface area contributed by atoms with E-state index in [0.717, 1.165) is 27.7 Å². The molecule has 0 amide bonds. The molecule has 0 aliphatic carbocycles. The van der Waals surface area contributed by atoms with Crippen molar-refractivity contribution in [2.24, 2.45) is 0 Å². The number of hydrogen-bond donors (Lipinski definition) is 0. The molecule has 0 aliphatic rings. The third-order valence-corrected chi connectivity index (χ3v) is 3.91. The highest BCUT2D eigenvalue weighted by molar-refractivity contribution is 5.89. The molecule has 0 bridgehead atoms. The lowest BCUT2D eigenvalue weighted by molar-refractivity contribution is 0.585. The average molecular weight is 316 g/mol. The van der Waals surface area contributed by atoms with Gasteiger partial charge in [-0.05, 0) is 42.8 Å². The van der Waals surface area contributed by atoms with Gasteiger partial charge in [-0.15, -0.1) is 0 Å². The fourth-order valence-electron chi connectivity index (χ4n) is 2.74. The minimum Gasteiger partial charge on any atom is -0.254 e. The van der Waals surface area contributed by atoms with Crippen molar-refractivity contribution < 1.29 is 4.39 Å². The number of fused-ring (bicyclic) bond motifs is 1. The summed E-state index contributed by atoms with van der Waals surface area (Å²) in [6, 6.07) is 14.5. The minimum absolute atomic E-state index is 0.506. The van der Waals surface area contributed by atoms with Crippen LogP contribution < -0.4 is 0 Å². The topological polar surface area (TPSA) is 51.6 Å². The number of nitrogens with zero attached hydrogens (tertiary/aromatic N) is 4. The third-order valence-electron chi connectivity index (χ3n) is 3.91. The molecule has 1 aromatic carbocycles. The van der Waals surface area contributed by atoms with Gasteiger partial charge < -0.3 is 0 Å². The standard InChI is InChI=1S/C19H13FN4/c1-12-15-10-13(7-8-16(15)23-11-22-12)14-4-3-9-21-19(14)17-5-2-6-18(20)24-17/h2-11H,1H3. The zero-order valence-corrected chi connectivity index (χ0v) is 12.9. The maximum absolute atomic E-state index is 13.5. The van der Waals surface area contributed by atoms with Crippen LogP contribution in [-0.4, -0.2) is 19.9 Å². The summed E-state index contributed by atoms with van der Waals surface area (Å²) in [7, 11) is 0. The van der Waals surface area contributed by atoms with Gasteiger partial charge in [0.25, 0.3) is 0 Å². The molecule has 3 heterocycles. The molecule has 0 atom stereocenters. The van der Waals surface area contributed by atoms with Crippen LogP contribution in [0.5, 0.6) is 0 Å². The van der Waals surface area contributed by atoms with Crippen LogP contribution in [0.4, 0.5) is 4.39 Å². The van der Waals surface area contributed by atoms with E-state index >= 15 is 0 Å². The lowest BCUT2D eigenvalue weighted by Gasteiger charge is -2.10. The second kappa shape index (κ2) is 5.77. The molecule has 0 radical (unpaired) electrons. The lowest BCUT2D eigenvalue weighted by Crippen LogP contribution is -1.94. The minimum atomic E-state index is -0.521. The molecule has 0 unspecified atom stereocenters. The molecule has 116 valence electrons. The fraction of sp³-hybridized carbons (Fsp3) is 0.0526. The van der Waals surface area contributed by atoms with E-state index in [9.17, 15) is 4.39 Å². The summed E-state index contributed by atoms with van der Waals surface area (Å²) in [5.41, 5.74) is 4.81. The summed E-state index contributed by atoms with van der Waals surface area (Å²) >= 11 is 0. The van der Waals surface area contributed by atoms with Gasteiger partial charge >= 0.3 is 0 Å². The Hall–Kier alpha value is -3.21. The van der Waals surface area contributed by atoms with E-state index < -0.39 is 5.95 Å². The second-order valence-electron chi connectivity index (χ2n) is 5.44. The molecule has 0 saturated carbocycles. The third kappa shape index (κ3) is 2.50. The number of pyridine rings is 2. The van der Waals surface area contributed by atoms with Crippen LogP contribution in [0.2, 0.25) is 0 Å². The van der Waals surface area contributed by atoms with E-state index in [1.807, 2.05) is 37.3 Å². The molecule has 0 aliphatic heterocycles. The molecule has 0 saturated heterocycles. The first-order chi connectivity index (χ1) is 11.7. The SMILES string of the molecule is Cc1ncnc2ccc(-c3cccnc3-c3cccc(F)n3)cc12. The molecular formula is C19H13FN4. The van der Waals surface area contributed by atoms with Gasteiger partial charge in [0, 0.05) is 22.8 Å². The van der Waals surface area contributed by atoms with E-state index in [0.29, 0.717) is 11.4 Å². The summed E-state index contributed by atoms with van der Waals surface area (Å²) in [6.45, 7) is 1.95. The van der Waals surface area contributed by atoms with E-state index in [1.165, 1.54) is 6.07 Å². The fourth-order valence-corrected chi connectivity index (χ4v) is 2.74. The molecule has 5 heteroatoms. The lowest BCUT2D eigenvalue weighted by atomic mass is 10.00. The highest BCUT2D eigenvalue weighted by Crippen LogP contribution is 2.31. The first-order valence-corrected chi connectivity index (χ1v) is 7.52.